The van der Waals surface area contributed by atoms with E-state index < -0.39 is 11.9 Å². The van der Waals surface area contributed by atoms with Crippen molar-refractivity contribution in [1.82, 2.24) is 9.97 Å². The molecule has 11 heteroatoms. The minimum atomic E-state index is -1.19. The molecule has 2 rings (SSSR count). The van der Waals surface area contributed by atoms with Gasteiger partial charge in [-0.25, -0.2) is 0 Å². The van der Waals surface area contributed by atoms with E-state index in [1.54, 1.807) is 12.1 Å². The van der Waals surface area contributed by atoms with E-state index in [1.165, 1.54) is 36.9 Å². The Morgan fingerprint density at radius 3 is 1.22 bits per heavy atom. The van der Waals surface area contributed by atoms with Crippen LogP contribution < -0.4 is 10.2 Å². The smallest absolute Gasteiger partial charge is 0.0730 e. The first-order valence-corrected chi connectivity index (χ1v) is 4.84. The van der Waals surface area contributed by atoms with E-state index in [9.17, 15) is 19.8 Å². The molecule has 0 saturated carbocycles. The minimum absolute atomic E-state index is 0. The van der Waals surface area contributed by atoms with Crippen LogP contribution in [0.3, 0.4) is 0 Å². The first kappa shape index (κ1) is 32.9. The second-order valence-electron chi connectivity index (χ2n) is 3.06. The molecule has 23 heavy (non-hydrogen) atoms. The first-order chi connectivity index (χ1) is 8.61. The van der Waals surface area contributed by atoms with Gasteiger partial charge in [-0.1, -0.05) is 12.1 Å². The molecule has 0 saturated heterocycles. The zero-order chi connectivity index (χ0) is 13.4. The molecular weight excluding hydrogens is 538 g/mol. The van der Waals surface area contributed by atoms with E-state index in [0.29, 0.717) is 0 Å². The minimum Gasteiger partial charge on any atom is -2.00 e. The van der Waals surface area contributed by atoms with Crippen LogP contribution in [0, 0.1) is 31.1 Å². The van der Waals surface area contributed by atoms with Crippen molar-refractivity contribution in [3.63, 3.8) is 0 Å². The number of carboxylic acids is 2. The summed E-state index contributed by atoms with van der Waals surface area (Å²) in [7, 11) is 0. The molecule has 0 aliphatic rings. The third-order valence-electron chi connectivity index (χ3n) is 1.79. The average molecular weight is 552 g/mol. The molecule has 0 amide bonds. The van der Waals surface area contributed by atoms with Crippen molar-refractivity contribution in [3.8, 4) is 0 Å². The van der Waals surface area contributed by atoms with Crippen molar-refractivity contribution in [2.75, 3.05) is 0 Å². The van der Waals surface area contributed by atoms with E-state index in [0.717, 1.165) is 0 Å². The zero-order valence-corrected chi connectivity index (χ0v) is 15.8. The van der Waals surface area contributed by atoms with Crippen LogP contribution >= 0.6 is 0 Å². The molecule has 0 spiro atoms. The first-order valence-electron chi connectivity index (χ1n) is 4.84. The Morgan fingerprint density at radius 1 is 0.783 bits per heavy atom. The van der Waals surface area contributed by atoms with Crippen molar-refractivity contribution in [1.29, 1.82) is 0 Å². The van der Waals surface area contributed by atoms with Crippen LogP contribution in [0.2, 0.25) is 0 Å². The monoisotopic (exact) mass is 552 g/mol. The Morgan fingerprint density at radius 2 is 1.09 bits per heavy atom. The maximum absolute atomic E-state index is 10.0. The number of nitrogens with zero attached hydrogens (tertiary/aromatic N) is 2. The molecule has 2 heterocycles. The van der Waals surface area contributed by atoms with E-state index in [-0.39, 0.29) is 64.1 Å². The molecule has 0 aliphatic heterocycles. The maximum atomic E-state index is 10.0. The summed E-state index contributed by atoms with van der Waals surface area (Å²) in [4.78, 5) is 27.3. The number of pyridine rings is 2. The van der Waals surface area contributed by atoms with Gasteiger partial charge in [0.1, 0.15) is 0 Å². The molecule has 0 unspecified atom stereocenters. The van der Waals surface area contributed by atoms with Crippen molar-refractivity contribution >= 4 is 11.9 Å². The normalized spacial score (nSPS) is 6.96. The Balaban J connectivity index is -0.0000000771. The molecule has 0 aromatic carbocycles. The molecule has 6 N–H and O–H groups in total. The third-order valence-corrected chi connectivity index (χ3v) is 1.79. The van der Waals surface area contributed by atoms with Crippen LogP contribution in [-0.4, -0.2) is 21.9 Å². The summed E-state index contributed by atoms with van der Waals surface area (Å²) in [5.74, 6) is -2.38. The molecule has 2 aromatic heterocycles. The Kier molecular flexibility index (Phi) is 26.0. The van der Waals surface area contributed by atoms with Crippen molar-refractivity contribution in [2.45, 2.75) is 0 Å². The van der Waals surface area contributed by atoms with Gasteiger partial charge in [0, 0.05) is 67.0 Å². The largest absolute Gasteiger partial charge is 2.00 e. The number of aromatic nitrogens is 2. The molecule has 0 bridgehead atoms. The number of carboxylic acid groups (broad SMARTS) is 2. The predicted molar refractivity (Wildman–Crippen MR) is 68.3 cm³/mol. The third kappa shape index (κ3) is 13.5. The molecule has 10 nitrogen and oxygen atoms in total. The summed E-state index contributed by atoms with van der Waals surface area (Å²) in [6, 6.07) is 5.96. The fourth-order valence-electron chi connectivity index (χ4n) is 0.967. The molecule has 128 valence electrons. The van der Waals surface area contributed by atoms with Gasteiger partial charge in [-0.2, -0.15) is 0 Å². The number of carbonyl (C=O) groups excluding carboxylic acids is 2. The molecule has 0 atom stereocenters. The summed E-state index contributed by atoms with van der Waals surface area (Å²) in [5, 5.41) is 20.1. The number of hydrogen-bond donors (Lipinski definition) is 0. The summed E-state index contributed by atoms with van der Waals surface area (Å²) in [5.41, 5.74) is 0.218. The number of rotatable bonds is 2. The predicted octanol–water partition coefficient (Wildman–Crippen LogP) is -3.19. The molecule has 0 aliphatic carbocycles. The van der Waals surface area contributed by atoms with Gasteiger partial charge in [-0.05, 0) is 12.1 Å². The van der Waals surface area contributed by atoms with Crippen LogP contribution in [0.4, 0.5) is 0 Å². The molecule has 0 radical (unpaired) electrons. The number of carbonyl (C=O) groups is 2. The summed E-state index contributed by atoms with van der Waals surface area (Å²) < 4.78 is 0. The van der Waals surface area contributed by atoms with Gasteiger partial charge < -0.3 is 41.7 Å². The Labute approximate surface area is 154 Å². The Hall–Kier alpha value is -1.87. The van der Waals surface area contributed by atoms with Crippen LogP contribution in [0.25, 0.3) is 0 Å². The maximum Gasteiger partial charge on any atom is 0.0730 e. The van der Waals surface area contributed by atoms with Gasteiger partial charge in [0.05, 0.1) is 11.9 Å². The summed E-state index contributed by atoms with van der Waals surface area (Å²) in [6.07, 6.45) is 5.50. The number of hydrogen-bond acceptors (Lipinski definition) is 6. The average Bonchev–Trinajstić information content (AvgIpc) is 2.41. The molecule has 0 fully saturated rings. The molecular formula is C12H14N2O8U-4. The van der Waals surface area contributed by atoms with Gasteiger partial charge in [-0.15, -0.1) is 0 Å². The van der Waals surface area contributed by atoms with Gasteiger partial charge >= 0.3 is 0 Å². The molecule has 2 aromatic rings. The second kappa shape index (κ2) is 18.2. The van der Waals surface area contributed by atoms with E-state index >= 15 is 0 Å². The van der Waals surface area contributed by atoms with E-state index in [1.807, 2.05) is 0 Å². The van der Waals surface area contributed by atoms with E-state index in [2.05, 4.69) is 9.97 Å². The number of aromatic carboxylic acids is 2. The van der Waals surface area contributed by atoms with Gasteiger partial charge in [0.25, 0.3) is 0 Å². The SMILES string of the molecule is O=C([O-])c1cccnc1.O=C([O-])c1cccnc1.[O-2].[O-2].[OH3+].[OH3+].[U]. The van der Waals surface area contributed by atoms with Crippen molar-refractivity contribution in [2.24, 2.45) is 0 Å². The quantitative estimate of drug-likeness (QED) is 0.348. The summed E-state index contributed by atoms with van der Waals surface area (Å²) >= 11 is 0. The van der Waals surface area contributed by atoms with Crippen molar-refractivity contribution in [3.05, 3.63) is 60.2 Å². The van der Waals surface area contributed by atoms with Crippen LogP contribution in [0.15, 0.2) is 49.1 Å². The van der Waals surface area contributed by atoms with Crippen LogP contribution in [0.5, 0.6) is 0 Å². The van der Waals surface area contributed by atoms with E-state index in [4.69, 9.17) is 0 Å². The summed E-state index contributed by atoms with van der Waals surface area (Å²) in [6.45, 7) is 0. The fourth-order valence-corrected chi connectivity index (χ4v) is 0.967. The van der Waals surface area contributed by atoms with Gasteiger partial charge in [0.15, 0.2) is 0 Å². The topological polar surface area (TPSA) is 229 Å². The fraction of sp³-hybridized carbons (Fsp3) is 0. The van der Waals surface area contributed by atoms with Crippen LogP contribution in [-0.2, 0) is 21.9 Å². The second-order valence-corrected chi connectivity index (χ2v) is 3.06. The Bertz CT molecular complexity index is 478. The van der Waals surface area contributed by atoms with Crippen LogP contribution in [0.1, 0.15) is 20.7 Å². The standard InChI is InChI=1S/2C6H5NO2.2H2O.2O.U/c2*8-6(9)5-2-1-3-7-4-5;;;;;/h2*1-4H,(H,8,9);2*1H2;;;/q;;;;2*-2;. The van der Waals surface area contributed by atoms with Gasteiger partial charge in [-0.3, -0.25) is 9.97 Å². The zero-order valence-electron chi connectivity index (χ0n) is 11.6. The van der Waals surface area contributed by atoms with Gasteiger partial charge in [0.2, 0.25) is 0 Å². The van der Waals surface area contributed by atoms with Crippen molar-refractivity contribution < 1.29 is 72.8 Å².